The van der Waals surface area contributed by atoms with Crippen molar-refractivity contribution in [2.45, 2.75) is 45.3 Å². The Hall–Kier alpha value is -0.880. The molecule has 0 aromatic carbocycles. The molecule has 0 aliphatic heterocycles. The van der Waals surface area contributed by atoms with Crippen LogP contribution in [0.5, 0.6) is 0 Å². The highest BCUT2D eigenvalue weighted by Gasteiger charge is 2.30. The SMILES string of the molecule is CCCNc1ncnc(NC2CC(OCC)C2)c1Br. The van der Waals surface area contributed by atoms with Gasteiger partial charge in [-0.1, -0.05) is 6.92 Å². The van der Waals surface area contributed by atoms with Crippen molar-refractivity contribution in [1.29, 1.82) is 0 Å². The molecule has 1 heterocycles. The van der Waals surface area contributed by atoms with Crippen LogP contribution in [0.1, 0.15) is 33.1 Å². The zero-order valence-electron chi connectivity index (χ0n) is 11.4. The fraction of sp³-hybridized carbons (Fsp3) is 0.692. The van der Waals surface area contributed by atoms with Gasteiger partial charge in [0.15, 0.2) is 0 Å². The third-order valence-electron chi connectivity index (χ3n) is 3.17. The van der Waals surface area contributed by atoms with Crippen molar-refractivity contribution in [2.24, 2.45) is 0 Å². The Balaban J connectivity index is 1.90. The van der Waals surface area contributed by atoms with Crippen LogP contribution in [-0.2, 0) is 4.74 Å². The molecule has 1 saturated carbocycles. The summed E-state index contributed by atoms with van der Waals surface area (Å²) in [6.45, 7) is 5.86. The van der Waals surface area contributed by atoms with Crippen molar-refractivity contribution in [3.8, 4) is 0 Å². The second-order valence-electron chi connectivity index (χ2n) is 4.70. The highest BCUT2D eigenvalue weighted by atomic mass is 79.9. The zero-order valence-corrected chi connectivity index (χ0v) is 13.0. The number of rotatable bonds is 7. The molecule has 0 radical (unpaired) electrons. The number of anilines is 2. The second kappa shape index (κ2) is 7.05. The van der Waals surface area contributed by atoms with Crippen LogP contribution in [0.3, 0.4) is 0 Å². The van der Waals surface area contributed by atoms with E-state index in [1.807, 2.05) is 6.92 Å². The van der Waals surface area contributed by atoms with Gasteiger partial charge in [-0.25, -0.2) is 9.97 Å². The Bertz CT molecular complexity index is 410. The molecule has 1 aliphatic rings. The largest absolute Gasteiger partial charge is 0.378 e. The molecule has 0 atom stereocenters. The highest BCUT2D eigenvalue weighted by Crippen LogP contribution is 2.31. The monoisotopic (exact) mass is 328 g/mol. The fourth-order valence-electron chi connectivity index (χ4n) is 2.09. The van der Waals surface area contributed by atoms with Crippen LogP contribution in [0, 0.1) is 0 Å². The molecule has 6 heteroatoms. The summed E-state index contributed by atoms with van der Waals surface area (Å²) < 4.78 is 6.46. The van der Waals surface area contributed by atoms with Gasteiger partial charge in [-0.3, -0.25) is 0 Å². The van der Waals surface area contributed by atoms with Crippen LogP contribution in [-0.4, -0.2) is 35.3 Å². The molecule has 2 rings (SSSR count). The number of ether oxygens (including phenoxy) is 1. The molecule has 1 fully saturated rings. The van der Waals surface area contributed by atoms with E-state index < -0.39 is 0 Å². The minimum Gasteiger partial charge on any atom is -0.378 e. The highest BCUT2D eigenvalue weighted by molar-refractivity contribution is 9.10. The standard InChI is InChI=1S/C13H21BrN4O/c1-3-5-15-12-11(14)13(17-8-16-12)18-9-6-10(7-9)19-4-2/h8-10H,3-7H2,1-2H3,(H2,15,16,17,18). The van der Waals surface area contributed by atoms with Gasteiger partial charge in [-0.15, -0.1) is 0 Å². The topological polar surface area (TPSA) is 59.1 Å². The zero-order chi connectivity index (χ0) is 13.7. The van der Waals surface area contributed by atoms with E-state index in [1.165, 1.54) is 0 Å². The lowest BCUT2D eigenvalue weighted by atomic mass is 9.89. The summed E-state index contributed by atoms with van der Waals surface area (Å²) in [5, 5.41) is 6.71. The van der Waals surface area contributed by atoms with Crippen LogP contribution in [0.2, 0.25) is 0 Å². The average molecular weight is 329 g/mol. The van der Waals surface area contributed by atoms with Gasteiger partial charge in [0, 0.05) is 19.2 Å². The molecule has 19 heavy (non-hydrogen) atoms. The van der Waals surface area contributed by atoms with Crippen LogP contribution >= 0.6 is 15.9 Å². The Labute approximate surface area is 122 Å². The molecule has 1 aromatic rings. The second-order valence-corrected chi connectivity index (χ2v) is 5.49. The van der Waals surface area contributed by atoms with E-state index in [9.17, 15) is 0 Å². The molecule has 1 aliphatic carbocycles. The smallest absolute Gasteiger partial charge is 0.146 e. The number of nitrogens with zero attached hydrogens (tertiary/aromatic N) is 2. The molecule has 0 saturated heterocycles. The van der Waals surface area contributed by atoms with E-state index in [0.29, 0.717) is 12.1 Å². The molecule has 0 spiro atoms. The minimum absolute atomic E-state index is 0.404. The predicted molar refractivity (Wildman–Crippen MR) is 80.6 cm³/mol. The molecule has 1 aromatic heterocycles. The third-order valence-corrected chi connectivity index (χ3v) is 3.92. The predicted octanol–water partition coefficient (Wildman–Crippen LogP) is 3.04. The van der Waals surface area contributed by atoms with Crippen molar-refractivity contribution in [1.82, 2.24) is 9.97 Å². The van der Waals surface area contributed by atoms with Crippen molar-refractivity contribution < 1.29 is 4.74 Å². The molecular weight excluding hydrogens is 308 g/mol. The normalized spacial score (nSPS) is 21.8. The Morgan fingerprint density at radius 1 is 1.32 bits per heavy atom. The summed E-state index contributed by atoms with van der Waals surface area (Å²) in [6, 6.07) is 0.446. The number of halogens is 1. The lowest BCUT2D eigenvalue weighted by molar-refractivity contribution is 0.00291. The van der Waals surface area contributed by atoms with Gasteiger partial charge in [0.25, 0.3) is 0 Å². The summed E-state index contributed by atoms with van der Waals surface area (Å²) >= 11 is 3.56. The molecule has 2 N–H and O–H groups in total. The Morgan fingerprint density at radius 2 is 2.05 bits per heavy atom. The molecule has 0 bridgehead atoms. The van der Waals surface area contributed by atoms with Crippen LogP contribution in [0.25, 0.3) is 0 Å². The molecule has 5 nitrogen and oxygen atoms in total. The van der Waals surface area contributed by atoms with Crippen molar-refractivity contribution in [3.05, 3.63) is 10.8 Å². The van der Waals surface area contributed by atoms with Crippen LogP contribution in [0.4, 0.5) is 11.6 Å². The summed E-state index contributed by atoms with van der Waals surface area (Å²) in [5.74, 6) is 1.70. The first-order valence-electron chi connectivity index (χ1n) is 6.87. The van der Waals surface area contributed by atoms with Crippen molar-refractivity contribution in [2.75, 3.05) is 23.8 Å². The van der Waals surface area contributed by atoms with E-state index in [2.05, 4.69) is 43.5 Å². The first-order chi connectivity index (χ1) is 9.24. The van der Waals surface area contributed by atoms with E-state index in [4.69, 9.17) is 4.74 Å². The van der Waals surface area contributed by atoms with Gasteiger partial charge in [0.05, 0.1) is 6.10 Å². The Morgan fingerprint density at radius 3 is 2.74 bits per heavy atom. The van der Waals surface area contributed by atoms with Crippen molar-refractivity contribution >= 4 is 27.6 Å². The quantitative estimate of drug-likeness (QED) is 0.805. The molecule has 0 unspecified atom stereocenters. The van der Waals surface area contributed by atoms with E-state index in [1.54, 1.807) is 6.33 Å². The number of hydrogen-bond acceptors (Lipinski definition) is 5. The van der Waals surface area contributed by atoms with Gasteiger partial charge in [0.1, 0.15) is 22.4 Å². The van der Waals surface area contributed by atoms with Gasteiger partial charge in [-0.2, -0.15) is 0 Å². The lowest BCUT2D eigenvalue weighted by Gasteiger charge is -2.35. The fourth-order valence-corrected chi connectivity index (χ4v) is 2.55. The third kappa shape index (κ3) is 3.79. The van der Waals surface area contributed by atoms with Crippen LogP contribution in [0.15, 0.2) is 10.8 Å². The average Bonchev–Trinajstić information content (AvgIpc) is 2.37. The van der Waals surface area contributed by atoms with Crippen LogP contribution < -0.4 is 10.6 Å². The molecule has 106 valence electrons. The summed E-state index contributed by atoms with van der Waals surface area (Å²) in [6.07, 6.45) is 5.15. The van der Waals surface area contributed by atoms with Gasteiger partial charge in [-0.05, 0) is 42.1 Å². The van der Waals surface area contributed by atoms with E-state index in [0.717, 1.165) is 48.5 Å². The molecular formula is C13H21BrN4O. The maximum absolute atomic E-state index is 5.56. The number of nitrogens with one attached hydrogen (secondary N) is 2. The van der Waals surface area contributed by atoms with Gasteiger partial charge < -0.3 is 15.4 Å². The first kappa shape index (κ1) is 14.5. The summed E-state index contributed by atoms with van der Waals surface area (Å²) in [5.41, 5.74) is 0. The maximum Gasteiger partial charge on any atom is 0.146 e. The minimum atomic E-state index is 0.404. The molecule has 0 amide bonds. The van der Waals surface area contributed by atoms with E-state index >= 15 is 0 Å². The van der Waals surface area contributed by atoms with Gasteiger partial charge >= 0.3 is 0 Å². The van der Waals surface area contributed by atoms with Crippen molar-refractivity contribution in [3.63, 3.8) is 0 Å². The summed E-state index contributed by atoms with van der Waals surface area (Å²) in [7, 11) is 0. The number of hydrogen-bond donors (Lipinski definition) is 2. The lowest BCUT2D eigenvalue weighted by Crippen LogP contribution is -2.41. The summed E-state index contributed by atoms with van der Waals surface area (Å²) in [4.78, 5) is 8.53. The first-order valence-corrected chi connectivity index (χ1v) is 7.66. The number of aromatic nitrogens is 2. The maximum atomic E-state index is 5.56. The van der Waals surface area contributed by atoms with E-state index in [-0.39, 0.29) is 0 Å². The Kier molecular flexibility index (Phi) is 5.39. The van der Waals surface area contributed by atoms with Gasteiger partial charge in [0.2, 0.25) is 0 Å².